The molecule has 2 aromatic rings. The molecule has 1 saturated carbocycles. The van der Waals surface area contributed by atoms with Crippen LogP contribution >= 0.6 is 0 Å². The third-order valence-electron chi connectivity index (χ3n) is 5.54. The van der Waals surface area contributed by atoms with Gasteiger partial charge in [0.05, 0.1) is 11.0 Å². The lowest BCUT2D eigenvalue weighted by atomic mass is 10.0. The van der Waals surface area contributed by atoms with Gasteiger partial charge in [0.1, 0.15) is 11.9 Å². The van der Waals surface area contributed by atoms with E-state index in [-0.39, 0.29) is 23.8 Å². The average molecular weight is 354 g/mol. The molecular formula is C20H26N4O2. The molecule has 1 unspecified atom stereocenters. The minimum absolute atomic E-state index is 0.0162. The van der Waals surface area contributed by atoms with Gasteiger partial charge in [-0.3, -0.25) is 9.59 Å². The maximum absolute atomic E-state index is 12.7. The number of aryl methyl sites for hydroxylation is 1. The molecule has 6 heteroatoms. The van der Waals surface area contributed by atoms with Crippen molar-refractivity contribution in [3.63, 3.8) is 0 Å². The first-order chi connectivity index (χ1) is 12.6. The summed E-state index contributed by atoms with van der Waals surface area (Å²) in [6.45, 7) is 1.26. The Morgan fingerprint density at radius 1 is 1.19 bits per heavy atom. The number of aromatic nitrogens is 2. The van der Waals surface area contributed by atoms with Gasteiger partial charge in [-0.15, -0.1) is 0 Å². The molecule has 0 spiro atoms. The Balaban J connectivity index is 1.36. The quantitative estimate of drug-likeness (QED) is 0.893. The molecule has 1 atom stereocenters. The number of nitrogens with zero attached hydrogens (tertiary/aromatic N) is 3. The van der Waals surface area contributed by atoms with Gasteiger partial charge in [0.15, 0.2) is 0 Å². The first-order valence-electron chi connectivity index (χ1n) is 9.63. The predicted molar refractivity (Wildman–Crippen MR) is 99.5 cm³/mol. The smallest absolute Gasteiger partial charge is 0.242 e. The lowest BCUT2D eigenvalue weighted by Gasteiger charge is -2.34. The van der Waals surface area contributed by atoms with Crippen molar-refractivity contribution in [2.75, 3.05) is 13.1 Å². The zero-order valence-corrected chi connectivity index (χ0v) is 15.3. The van der Waals surface area contributed by atoms with Gasteiger partial charge in [-0.1, -0.05) is 12.1 Å². The van der Waals surface area contributed by atoms with E-state index in [2.05, 4.69) is 14.9 Å². The van der Waals surface area contributed by atoms with Gasteiger partial charge in [-0.2, -0.15) is 0 Å². The summed E-state index contributed by atoms with van der Waals surface area (Å²) in [5, 5.41) is 3.03. The molecule has 1 aromatic heterocycles. The summed E-state index contributed by atoms with van der Waals surface area (Å²) in [6.07, 6.45) is 5.43. The van der Waals surface area contributed by atoms with Crippen LogP contribution in [0, 0.1) is 5.92 Å². The van der Waals surface area contributed by atoms with E-state index in [4.69, 9.17) is 0 Å². The van der Waals surface area contributed by atoms with E-state index in [1.807, 2.05) is 36.2 Å². The topological polar surface area (TPSA) is 67.2 Å². The van der Waals surface area contributed by atoms with Crippen LogP contribution in [-0.2, 0) is 23.1 Å². The summed E-state index contributed by atoms with van der Waals surface area (Å²) in [5.41, 5.74) is 2.08. The Kier molecular flexibility index (Phi) is 4.66. The lowest BCUT2D eigenvalue weighted by molar-refractivity contribution is -0.143. The molecule has 2 aliphatic rings. The fourth-order valence-electron chi connectivity index (χ4n) is 3.87. The first kappa shape index (κ1) is 17.1. The summed E-state index contributed by atoms with van der Waals surface area (Å²) < 4.78 is 2.07. The number of fused-ring (bicyclic) bond motifs is 1. The second-order valence-electron chi connectivity index (χ2n) is 7.43. The highest BCUT2D eigenvalue weighted by molar-refractivity contribution is 5.89. The molecule has 2 heterocycles. The number of benzene rings is 1. The monoisotopic (exact) mass is 354 g/mol. The lowest BCUT2D eigenvalue weighted by Crippen LogP contribution is -2.52. The number of hydrogen-bond acceptors (Lipinski definition) is 3. The number of likely N-dealkylation sites (tertiary alicyclic amines) is 1. The molecule has 0 bridgehead atoms. The predicted octanol–water partition coefficient (Wildman–Crippen LogP) is 2.02. The Morgan fingerprint density at radius 3 is 2.77 bits per heavy atom. The SMILES string of the molecule is Cn1c(CCNC(=O)C2CCCCN2C(=O)C2CC2)nc2ccccc21. The molecule has 1 aliphatic carbocycles. The van der Waals surface area contributed by atoms with Crippen molar-refractivity contribution < 1.29 is 9.59 Å². The molecule has 138 valence electrons. The number of nitrogens with one attached hydrogen (secondary N) is 1. The van der Waals surface area contributed by atoms with Crippen LogP contribution in [0.2, 0.25) is 0 Å². The Bertz CT molecular complexity index is 824. The van der Waals surface area contributed by atoms with Crippen molar-refractivity contribution in [3.05, 3.63) is 30.1 Å². The summed E-state index contributed by atoms with van der Waals surface area (Å²) in [5.74, 6) is 1.29. The van der Waals surface area contributed by atoms with Crippen LogP contribution in [0.3, 0.4) is 0 Å². The Hall–Kier alpha value is -2.37. The van der Waals surface area contributed by atoms with Crippen molar-refractivity contribution in [1.82, 2.24) is 19.8 Å². The van der Waals surface area contributed by atoms with E-state index in [1.54, 1.807) is 0 Å². The highest BCUT2D eigenvalue weighted by atomic mass is 16.2. The molecule has 1 aliphatic heterocycles. The normalized spacial score (nSPS) is 20.3. The standard InChI is InChI=1S/C20H26N4O2/c1-23-16-7-3-2-6-15(16)22-18(23)11-12-21-19(25)17-8-4-5-13-24(17)20(26)14-9-10-14/h2-3,6-7,14,17H,4-5,8-13H2,1H3,(H,21,25). The summed E-state index contributed by atoms with van der Waals surface area (Å²) in [7, 11) is 2.00. The third kappa shape index (κ3) is 3.32. The number of hydrogen-bond donors (Lipinski definition) is 1. The van der Waals surface area contributed by atoms with E-state index < -0.39 is 0 Å². The van der Waals surface area contributed by atoms with E-state index in [9.17, 15) is 9.59 Å². The highest BCUT2D eigenvalue weighted by Crippen LogP contribution is 2.33. The van der Waals surface area contributed by atoms with Crippen LogP contribution in [0.5, 0.6) is 0 Å². The van der Waals surface area contributed by atoms with Gasteiger partial charge < -0.3 is 14.8 Å². The molecule has 4 rings (SSSR count). The van der Waals surface area contributed by atoms with Gasteiger partial charge in [0, 0.05) is 32.5 Å². The van der Waals surface area contributed by atoms with Crippen LogP contribution in [0.1, 0.15) is 37.9 Å². The van der Waals surface area contributed by atoms with E-state index in [0.717, 1.165) is 55.5 Å². The molecule has 0 radical (unpaired) electrons. The average Bonchev–Trinajstić information content (AvgIpc) is 3.47. The van der Waals surface area contributed by atoms with E-state index in [1.165, 1.54) is 0 Å². The van der Waals surface area contributed by atoms with Crippen molar-refractivity contribution in [2.24, 2.45) is 13.0 Å². The summed E-state index contributed by atoms with van der Waals surface area (Å²) in [6, 6.07) is 7.74. The van der Waals surface area contributed by atoms with Gasteiger partial charge in [0.2, 0.25) is 11.8 Å². The number of carbonyl (C=O) groups is 2. The fraction of sp³-hybridized carbons (Fsp3) is 0.550. The largest absolute Gasteiger partial charge is 0.354 e. The van der Waals surface area contributed by atoms with Gasteiger partial charge >= 0.3 is 0 Å². The fourth-order valence-corrected chi connectivity index (χ4v) is 3.87. The number of imidazole rings is 1. The van der Waals surface area contributed by atoms with Crippen molar-refractivity contribution in [2.45, 2.75) is 44.6 Å². The Morgan fingerprint density at radius 2 is 2.00 bits per heavy atom. The minimum atomic E-state index is -0.294. The van der Waals surface area contributed by atoms with Crippen LogP contribution in [0.25, 0.3) is 11.0 Å². The Labute approximate surface area is 153 Å². The third-order valence-corrected chi connectivity index (χ3v) is 5.54. The first-order valence-corrected chi connectivity index (χ1v) is 9.63. The molecule has 26 heavy (non-hydrogen) atoms. The summed E-state index contributed by atoms with van der Waals surface area (Å²) >= 11 is 0. The highest BCUT2D eigenvalue weighted by Gasteiger charge is 2.39. The maximum atomic E-state index is 12.7. The number of rotatable bonds is 5. The van der Waals surface area contributed by atoms with Crippen LogP contribution in [-0.4, -0.2) is 45.4 Å². The molecule has 1 aromatic carbocycles. The summed E-state index contributed by atoms with van der Waals surface area (Å²) in [4.78, 5) is 31.6. The molecule has 6 nitrogen and oxygen atoms in total. The van der Waals surface area contributed by atoms with E-state index >= 15 is 0 Å². The second-order valence-corrected chi connectivity index (χ2v) is 7.43. The number of carbonyl (C=O) groups excluding carboxylic acids is 2. The van der Waals surface area contributed by atoms with Gasteiger partial charge in [-0.25, -0.2) is 4.98 Å². The number of amides is 2. The zero-order chi connectivity index (χ0) is 18.1. The molecule has 2 fully saturated rings. The van der Waals surface area contributed by atoms with Gasteiger partial charge in [0.25, 0.3) is 0 Å². The second kappa shape index (κ2) is 7.09. The molecule has 1 saturated heterocycles. The van der Waals surface area contributed by atoms with Crippen LogP contribution < -0.4 is 5.32 Å². The van der Waals surface area contributed by atoms with Crippen molar-refractivity contribution >= 4 is 22.8 Å². The van der Waals surface area contributed by atoms with Crippen LogP contribution in [0.4, 0.5) is 0 Å². The molecular weight excluding hydrogens is 328 g/mol. The van der Waals surface area contributed by atoms with E-state index in [0.29, 0.717) is 13.0 Å². The number of para-hydroxylation sites is 2. The molecule has 1 N–H and O–H groups in total. The van der Waals surface area contributed by atoms with Crippen molar-refractivity contribution in [1.29, 1.82) is 0 Å². The maximum Gasteiger partial charge on any atom is 0.242 e. The zero-order valence-electron chi connectivity index (χ0n) is 15.3. The van der Waals surface area contributed by atoms with Crippen molar-refractivity contribution in [3.8, 4) is 0 Å². The number of piperidine rings is 1. The molecule has 2 amide bonds. The van der Waals surface area contributed by atoms with Gasteiger partial charge in [-0.05, 0) is 44.2 Å². The van der Waals surface area contributed by atoms with Crippen LogP contribution in [0.15, 0.2) is 24.3 Å². The minimum Gasteiger partial charge on any atom is -0.354 e.